The summed E-state index contributed by atoms with van der Waals surface area (Å²) in [6.07, 6.45) is -3.36. The lowest BCUT2D eigenvalue weighted by atomic mass is 9.87. The number of carbonyl (C=O) groups is 6. The molecule has 0 aliphatic rings. The highest BCUT2D eigenvalue weighted by molar-refractivity contribution is 5.83. The molecule has 0 radical (unpaired) electrons. The Morgan fingerprint density at radius 1 is 0.627 bits per heavy atom. The summed E-state index contributed by atoms with van der Waals surface area (Å²) < 4.78 is 11.4. The molecule has 0 heterocycles. The van der Waals surface area contributed by atoms with Gasteiger partial charge in [-0.05, 0) is 57.9 Å². The summed E-state index contributed by atoms with van der Waals surface area (Å²) in [4.78, 5) is 71.7. The molecule has 0 saturated carbocycles. The van der Waals surface area contributed by atoms with Crippen LogP contribution in [-0.2, 0) is 38.2 Å². The summed E-state index contributed by atoms with van der Waals surface area (Å²) in [5.74, 6) is -11.9. The SMILES string of the molecule is CCCC[C@@H](C)[C@H](OC(=O)CC(CC(=O)O)C(=O)O)[C@H](C[C@@H](C)C[C@@H](O)CCCC[C@@H](O)C[C@H](O)[C@H](C)NC)OC(=O)CC(CC(=O)O)C(=O)O. The zero-order chi connectivity index (χ0) is 39.3. The summed E-state index contributed by atoms with van der Waals surface area (Å²) in [7, 11) is 1.72. The summed E-state index contributed by atoms with van der Waals surface area (Å²) in [6, 6.07) is -0.175. The summed E-state index contributed by atoms with van der Waals surface area (Å²) in [6.45, 7) is 7.24. The Morgan fingerprint density at radius 2 is 1.10 bits per heavy atom. The molecule has 16 heteroatoms. The van der Waals surface area contributed by atoms with Gasteiger partial charge in [0.2, 0.25) is 0 Å². The molecule has 0 bridgehead atoms. The van der Waals surface area contributed by atoms with Gasteiger partial charge in [0.25, 0.3) is 0 Å². The number of unbranched alkanes of at least 4 members (excludes halogenated alkanes) is 2. The Bertz CT molecular complexity index is 1090. The molecule has 16 nitrogen and oxygen atoms in total. The molecule has 51 heavy (non-hydrogen) atoms. The molecule has 0 aromatic heterocycles. The molecule has 296 valence electrons. The van der Waals surface area contributed by atoms with Crippen LogP contribution in [0.25, 0.3) is 0 Å². The zero-order valence-corrected chi connectivity index (χ0v) is 30.6. The first-order valence-electron chi connectivity index (χ1n) is 17.8. The summed E-state index contributed by atoms with van der Waals surface area (Å²) in [5.41, 5.74) is 0. The second-order valence-electron chi connectivity index (χ2n) is 13.8. The summed E-state index contributed by atoms with van der Waals surface area (Å²) >= 11 is 0. The van der Waals surface area contributed by atoms with Gasteiger partial charge in [-0.2, -0.15) is 0 Å². The van der Waals surface area contributed by atoms with E-state index in [1.54, 1.807) is 20.9 Å². The van der Waals surface area contributed by atoms with Crippen LogP contribution in [0.3, 0.4) is 0 Å². The number of hydrogen-bond acceptors (Lipinski definition) is 12. The third kappa shape index (κ3) is 21.6. The molecule has 0 spiro atoms. The molecule has 0 fully saturated rings. The number of aliphatic hydroxyl groups is 3. The third-order valence-corrected chi connectivity index (χ3v) is 9.04. The second-order valence-corrected chi connectivity index (χ2v) is 13.8. The van der Waals surface area contributed by atoms with Gasteiger partial charge >= 0.3 is 35.8 Å². The smallest absolute Gasteiger partial charge is 0.307 e. The van der Waals surface area contributed by atoms with E-state index >= 15 is 0 Å². The number of carboxylic acid groups (broad SMARTS) is 4. The first-order chi connectivity index (χ1) is 23.8. The Hall–Kier alpha value is -3.34. The minimum absolute atomic E-state index is 0.0333. The van der Waals surface area contributed by atoms with Crippen LogP contribution in [0.5, 0.6) is 0 Å². The van der Waals surface area contributed by atoms with Crippen LogP contribution in [-0.4, -0.2) is 115 Å². The predicted octanol–water partition coefficient (Wildman–Crippen LogP) is 2.82. The Balaban J connectivity index is 5.95. The number of nitrogens with one attached hydrogen (secondary N) is 1. The number of carbonyl (C=O) groups excluding carboxylic acids is 2. The number of ether oxygens (including phenoxy) is 2. The van der Waals surface area contributed by atoms with Gasteiger partial charge in [0, 0.05) is 12.5 Å². The van der Waals surface area contributed by atoms with E-state index in [-0.39, 0.29) is 31.2 Å². The van der Waals surface area contributed by atoms with Crippen molar-refractivity contribution in [2.45, 2.75) is 154 Å². The largest absolute Gasteiger partial charge is 0.481 e. The maximum atomic E-state index is 13.1. The van der Waals surface area contributed by atoms with Crippen molar-refractivity contribution in [2.75, 3.05) is 7.05 Å². The first-order valence-corrected chi connectivity index (χ1v) is 17.8. The molecule has 0 rings (SSSR count). The lowest BCUT2D eigenvalue weighted by molar-refractivity contribution is -0.177. The van der Waals surface area contributed by atoms with Crippen LogP contribution in [0.2, 0.25) is 0 Å². The van der Waals surface area contributed by atoms with Crippen LogP contribution in [0.15, 0.2) is 0 Å². The van der Waals surface area contributed by atoms with Crippen molar-refractivity contribution in [3.8, 4) is 0 Å². The third-order valence-electron chi connectivity index (χ3n) is 9.04. The fourth-order valence-corrected chi connectivity index (χ4v) is 5.86. The number of aliphatic carboxylic acids is 4. The van der Waals surface area contributed by atoms with Crippen LogP contribution in [0.1, 0.15) is 118 Å². The Labute approximate surface area is 299 Å². The quantitative estimate of drug-likeness (QED) is 0.0389. The lowest BCUT2D eigenvalue weighted by Gasteiger charge is -2.33. The average Bonchev–Trinajstić information content (AvgIpc) is 3.02. The molecule has 2 unspecified atom stereocenters. The number of carboxylic acids is 4. The van der Waals surface area contributed by atoms with Gasteiger partial charge in [-0.15, -0.1) is 0 Å². The van der Waals surface area contributed by atoms with Crippen molar-refractivity contribution in [3.63, 3.8) is 0 Å². The van der Waals surface area contributed by atoms with E-state index in [9.17, 15) is 54.3 Å². The standard InChI is InChI=1S/C35H61NO15/c1-6-7-10-21(3)33(51-32(45)18-24(35(48)49)16-30(42)43)28(50-31(44)17-23(34(46)47)15-29(40)41)14-20(2)13-25(37)11-8-9-12-26(38)19-27(39)22(4)36-5/h20-28,33,36-39H,6-19H2,1-5H3,(H,40,41)(H,42,43)(H,46,47)(H,48,49)/t20-,21+,22-,23?,24?,25-,26+,27-,28-,33-/m0/s1. The molecular formula is C35H61NO15. The van der Waals surface area contributed by atoms with Gasteiger partial charge in [0.1, 0.15) is 12.2 Å². The van der Waals surface area contributed by atoms with Gasteiger partial charge in [0.15, 0.2) is 0 Å². The van der Waals surface area contributed by atoms with Crippen molar-refractivity contribution in [2.24, 2.45) is 23.7 Å². The van der Waals surface area contributed by atoms with E-state index in [2.05, 4.69) is 5.32 Å². The molecule has 8 N–H and O–H groups in total. The first kappa shape index (κ1) is 47.7. The Morgan fingerprint density at radius 3 is 1.53 bits per heavy atom. The molecule has 10 atom stereocenters. The van der Waals surface area contributed by atoms with Gasteiger partial charge < -0.3 is 50.5 Å². The minimum atomic E-state index is -1.59. The van der Waals surface area contributed by atoms with Crippen molar-refractivity contribution < 1.29 is 74.0 Å². The van der Waals surface area contributed by atoms with E-state index in [0.717, 1.165) is 6.42 Å². The van der Waals surface area contributed by atoms with Crippen LogP contribution >= 0.6 is 0 Å². The van der Waals surface area contributed by atoms with E-state index in [0.29, 0.717) is 38.5 Å². The number of aliphatic hydroxyl groups excluding tert-OH is 3. The normalized spacial score (nSPS) is 17.4. The minimum Gasteiger partial charge on any atom is -0.481 e. The monoisotopic (exact) mass is 735 g/mol. The van der Waals surface area contributed by atoms with Crippen molar-refractivity contribution in [1.82, 2.24) is 5.32 Å². The zero-order valence-electron chi connectivity index (χ0n) is 30.6. The van der Waals surface area contributed by atoms with Gasteiger partial charge in [-0.1, -0.05) is 46.5 Å². The average molecular weight is 736 g/mol. The molecule has 0 aromatic rings. The van der Waals surface area contributed by atoms with Crippen LogP contribution < -0.4 is 5.32 Å². The van der Waals surface area contributed by atoms with E-state index in [1.165, 1.54) is 0 Å². The fourth-order valence-electron chi connectivity index (χ4n) is 5.86. The highest BCUT2D eigenvalue weighted by atomic mass is 16.6. The topological polar surface area (TPSA) is 275 Å². The van der Waals surface area contributed by atoms with Crippen molar-refractivity contribution in [3.05, 3.63) is 0 Å². The van der Waals surface area contributed by atoms with Crippen LogP contribution in [0, 0.1) is 23.7 Å². The van der Waals surface area contributed by atoms with E-state index in [1.807, 2.05) is 13.8 Å². The highest BCUT2D eigenvalue weighted by Gasteiger charge is 2.37. The number of hydrogen-bond donors (Lipinski definition) is 8. The van der Waals surface area contributed by atoms with Crippen molar-refractivity contribution >= 4 is 35.8 Å². The van der Waals surface area contributed by atoms with Crippen LogP contribution in [0.4, 0.5) is 0 Å². The summed E-state index contributed by atoms with van der Waals surface area (Å²) in [5, 5.41) is 71.2. The van der Waals surface area contributed by atoms with Gasteiger partial charge in [0.05, 0.1) is 55.8 Å². The predicted molar refractivity (Wildman–Crippen MR) is 182 cm³/mol. The second kappa shape index (κ2) is 25.6. The van der Waals surface area contributed by atoms with E-state index in [4.69, 9.17) is 19.7 Å². The molecule has 0 amide bonds. The number of rotatable bonds is 30. The molecule has 0 saturated heterocycles. The maximum Gasteiger partial charge on any atom is 0.307 e. The molecule has 0 aliphatic heterocycles. The van der Waals surface area contributed by atoms with E-state index < -0.39 is 110 Å². The number of esters is 2. The molecular weight excluding hydrogens is 674 g/mol. The van der Waals surface area contributed by atoms with Gasteiger partial charge in [-0.25, -0.2) is 0 Å². The highest BCUT2D eigenvalue weighted by Crippen LogP contribution is 2.29. The van der Waals surface area contributed by atoms with Gasteiger partial charge in [-0.3, -0.25) is 28.8 Å². The fraction of sp³-hybridized carbons (Fsp3) is 0.829. The Kier molecular flexibility index (Phi) is 23.9. The van der Waals surface area contributed by atoms with Crippen molar-refractivity contribution in [1.29, 1.82) is 0 Å². The molecule has 0 aliphatic carbocycles. The number of likely N-dealkylation sites (N-methyl/N-ethyl adjacent to an activating group) is 1. The lowest BCUT2D eigenvalue weighted by Crippen LogP contribution is -2.42. The molecule has 0 aromatic carbocycles. The maximum absolute atomic E-state index is 13.1.